The molecule has 156 valence electrons. The molecule has 0 unspecified atom stereocenters. The van der Waals surface area contributed by atoms with Gasteiger partial charge in [0.25, 0.3) is 5.91 Å². The molecule has 1 aromatic heterocycles. The molecule has 1 aliphatic heterocycles. The van der Waals surface area contributed by atoms with E-state index in [1.165, 1.54) is 36.1 Å². The number of carbonyl (C=O) groups excluding carboxylic acids is 1. The summed E-state index contributed by atoms with van der Waals surface area (Å²) < 4.78 is 0. The lowest BCUT2D eigenvalue weighted by atomic mass is 9.68. The second-order valence-corrected chi connectivity index (χ2v) is 9.27. The van der Waals surface area contributed by atoms with Gasteiger partial charge >= 0.3 is 0 Å². The van der Waals surface area contributed by atoms with Crippen LogP contribution in [0.1, 0.15) is 58.4 Å². The number of nitrogens with one attached hydrogen (secondary N) is 2. The number of rotatable bonds is 4. The summed E-state index contributed by atoms with van der Waals surface area (Å²) in [6.45, 7) is 0.446. The number of nitrogens with zero attached hydrogens (tertiary/aromatic N) is 1. The molecule has 2 saturated carbocycles. The number of anilines is 1. The van der Waals surface area contributed by atoms with Crippen LogP contribution in [0.4, 0.5) is 5.69 Å². The smallest absolute Gasteiger partial charge is 0.251 e. The second-order valence-electron chi connectivity index (χ2n) is 9.27. The summed E-state index contributed by atoms with van der Waals surface area (Å²) in [5, 5.41) is 6.88. The van der Waals surface area contributed by atoms with Crippen LogP contribution in [0.3, 0.4) is 0 Å². The molecule has 0 saturated heterocycles. The van der Waals surface area contributed by atoms with Gasteiger partial charge in [0.05, 0.1) is 18.3 Å². The highest BCUT2D eigenvalue weighted by atomic mass is 16.1. The summed E-state index contributed by atoms with van der Waals surface area (Å²) in [5.74, 6) is 2.65. The van der Waals surface area contributed by atoms with Crippen molar-refractivity contribution >= 4 is 11.6 Å². The number of amides is 1. The third kappa shape index (κ3) is 3.21. The van der Waals surface area contributed by atoms with Gasteiger partial charge in [0.15, 0.2) is 0 Å². The highest BCUT2D eigenvalue weighted by Gasteiger charge is 2.53. The first-order chi connectivity index (χ1) is 15.3. The molecule has 3 aliphatic rings. The van der Waals surface area contributed by atoms with Crippen LogP contribution in [0.5, 0.6) is 0 Å². The summed E-state index contributed by atoms with van der Waals surface area (Å²) in [6, 6.07) is 23.2. The molecule has 6 rings (SSSR count). The van der Waals surface area contributed by atoms with Crippen LogP contribution < -0.4 is 10.6 Å². The maximum Gasteiger partial charge on any atom is 0.251 e. The zero-order valence-electron chi connectivity index (χ0n) is 17.5. The Morgan fingerprint density at radius 1 is 1.00 bits per heavy atom. The molecule has 5 atom stereocenters. The Morgan fingerprint density at radius 2 is 1.84 bits per heavy atom. The van der Waals surface area contributed by atoms with Crippen LogP contribution in [0.15, 0.2) is 72.9 Å². The molecule has 2 N–H and O–H groups in total. The highest BCUT2D eigenvalue weighted by Crippen LogP contribution is 2.63. The molecule has 4 heteroatoms. The highest BCUT2D eigenvalue weighted by molar-refractivity contribution is 5.95. The van der Waals surface area contributed by atoms with Gasteiger partial charge in [0.1, 0.15) is 0 Å². The Bertz CT molecular complexity index is 1100. The topological polar surface area (TPSA) is 54.0 Å². The number of fused-ring (bicyclic) bond motifs is 7. The van der Waals surface area contributed by atoms with Crippen LogP contribution >= 0.6 is 0 Å². The van der Waals surface area contributed by atoms with Crippen LogP contribution in [-0.4, -0.2) is 10.9 Å². The predicted molar refractivity (Wildman–Crippen MR) is 122 cm³/mol. The van der Waals surface area contributed by atoms with E-state index in [0.29, 0.717) is 24.4 Å². The number of benzene rings is 2. The number of hydrogen-bond donors (Lipinski definition) is 2. The van der Waals surface area contributed by atoms with Crippen LogP contribution in [0.25, 0.3) is 0 Å². The first-order valence-electron chi connectivity index (χ1n) is 11.4. The van der Waals surface area contributed by atoms with Gasteiger partial charge in [-0.1, -0.05) is 36.4 Å². The second kappa shape index (κ2) is 7.52. The predicted octanol–water partition coefficient (Wildman–Crippen LogP) is 5.31. The van der Waals surface area contributed by atoms with Gasteiger partial charge in [-0.25, -0.2) is 0 Å². The van der Waals surface area contributed by atoms with E-state index in [2.05, 4.69) is 58.1 Å². The van der Waals surface area contributed by atoms with Crippen molar-refractivity contribution in [3.05, 3.63) is 95.3 Å². The molecule has 1 amide bonds. The van der Waals surface area contributed by atoms with Crippen molar-refractivity contribution in [1.29, 1.82) is 0 Å². The molecule has 0 spiro atoms. The van der Waals surface area contributed by atoms with E-state index in [1.807, 2.05) is 24.3 Å². The van der Waals surface area contributed by atoms with Crippen molar-refractivity contribution in [3.8, 4) is 0 Å². The molecule has 31 heavy (non-hydrogen) atoms. The van der Waals surface area contributed by atoms with Crippen molar-refractivity contribution in [2.75, 3.05) is 5.32 Å². The summed E-state index contributed by atoms with van der Waals surface area (Å²) >= 11 is 0. The van der Waals surface area contributed by atoms with Gasteiger partial charge in [-0.15, -0.1) is 0 Å². The first-order valence-corrected chi connectivity index (χ1v) is 11.4. The van der Waals surface area contributed by atoms with Crippen molar-refractivity contribution in [1.82, 2.24) is 10.3 Å². The fourth-order valence-electron chi connectivity index (χ4n) is 6.39. The van der Waals surface area contributed by atoms with Gasteiger partial charge in [-0.05, 0) is 84.4 Å². The number of pyridine rings is 1. The summed E-state index contributed by atoms with van der Waals surface area (Å²) in [6.07, 6.45) is 5.75. The van der Waals surface area contributed by atoms with E-state index >= 15 is 0 Å². The fourth-order valence-corrected chi connectivity index (χ4v) is 6.39. The van der Waals surface area contributed by atoms with Gasteiger partial charge in [0, 0.05) is 17.4 Å². The normalized spacial score (nSPS) is 27.8. The summed E-state index contributed by atoms with van der Waals surface area (Å²) in [4.78, 5) is 17.2. The Morgan fingerprint density at radius 3 is 2.68 bits per heavy atom. The lowest BCUT2D eigenvalue weighted by Crippen LogP contribution is -2.35. The van der Waals surface area contributed by atoms with Gasteiger partial charge in [-0.2, -0.15) is 0 Å². The Balaban J connectivity index is 1.30. The van der Waals surface area contributed by atoms with Crippen molar-refractivity contribution < 1.29 is 4.79 Å². The fraction of sp³-hybridized carbons (Fsp3) is 0.333. The van der Waals surface area contributed by atoms with E-state index < -0.39 is 0 Å². The lowest BCUT2D eigenvalue weighted by Gasteiger charge is -2.43. The van der Waals surface area contributed by atoms with E-state index in [9.17, 15) is 4.79 Å². The third-order valence-electron chi connectivity index (χ3n) is 7.66. The largest absolute Gasteiger partial charge is 0.378 e. The maximum atomic E-state index is 12.9. The van der Waals surface area contributed by atoms with Gasteiger partial charge < -0.3 is 10.6 Å². The number of carbonyl (C=O) groups is 1. The first kappa shape index (κ1) is 18.6. The molecule has 4 nitrogen and oxygen atoms in total. The Kier molecular flexibility index (Phi) is 4.52. The molecule has 3 aromatic rings. The van der Waals surface area contributed by atoms with Crippen LogP contribution in [-0.2, 0) is 6.54 Å². The number of hydrogen-bond acceptors (Lipinski definition) is 3. The molecule has 2 aliphatic carbocycles. The molecule has 2 aromatic carbocycles. The van der Waals surface area contributed by atoms with Crippen LogP contribution in [0, 0.1) is 17.8 Å². The minimum atomic E-state index is -0.0293. The number of aromatic nitrogens is 1. The maximum absolute atomic E-state index is 12.9. The molecule has 2 fully saturated rings. The third-order valence-corrected chi connectivity index (χ3v) is 7.66. The monoisotopic (exact) mass is 409 g/mol. The minimum absolute atomic E-state index is 0.0293. The lowest BCUT2D eigenvalue weighted by molar-refractivity contribution is 0.0950. The quantitative estimate of drug-likeness (QED) is 0.614. The van der Waals surface area contributed by atoms with E-state index in [4.69, 9.17) is 0 Å². The minimum Gasteiger partial charge on any atom is -0.378 e. The average molecular weight is 410 g/mol. The van der Waals surface area contributed by atoms with Gasteiger partial charge in [-0.3, -0.25) is 9.78 Å². The standard InChI is InChI=1S/C27H27N3O/c31-27(29-16-21-8-4-5-13-28-21)20-11-12-23-22(15-20)24-18-9-10-19(14-18)25(24)26(30-23)17-6-2-1-3-7-17/h1-8,11-13,15,18-19,24-26,30H,9-10,14,16H2,(H,29,31)/t18-,19-,24-,25+,26+/m0/s1. The molecular weight excluding hydrogens is 382 g/mol. The SMILES string of the molecule is O=C(NCc1ccccn1)c1ccc2c(c1)[C@@H]1[C@H]3CC[C@@H](C3)[C@H]1[C@@H](c1ccccc1)N2. The van der Waals surface area contributed by atoms with Crippen molar-refractivity contribution in [3.63, 3.8) is 0 Å². The van der Waals surface area contributed by atoms with E-state index in [-0.39, 0.29) is 5.91 Å². The Labute approximate surface area is 183 Å². The van der Waals surface area contributed by atoms with E-state index in [0.717, 1.165) is 23.1 Å². The Hall–Kier alpha value is -3.14. The zero-order chi connectivity index (χ0) is 20.8. The van der Waals surface area contributed by atoms with Crippen molar-refractivity contribution in [2.45, 2.75) is 37.8 Å². The average Bonchev–Trinajstić information content (AvgIpc) is 3.46. The van der Waals surface area contributed by atoms with Crippen LogP contribution in [0.2, 0.25) is 0 Å². The molecule has 0 radical (unpaired) electrons. The van der Waals surface area contributed by atoms with E-state index in [1.54, 1.807) is 6.20 Å². The van der Waals surface area contributed by atoms with Gasteiger partial charge in [0.2, 0.25) is 0 Å². The summed E-state index contributed by atoms with van der Waals surface area (Å²) in [5.41, 5.74) is 5.54. The zero-order valence-corrected chi connectivity index (χ0v) is 17.5. The molecule has 2 bridgehead atoms. The summed E-state index contributed by atoms with van der Waals surface area (Å²) in [7, 11) is 0. The van der Waals surface area contributed by atoms with Crippen molar-refractivity contribution in [2.24, 2.45) is 17.8 Å². The molecular formula is C27H27N3O. The molecule has 2 heterocycles.